The molecule has 4 heteroatoms. The summed E-state index contributed by atoms with van der Waals surface area (Å²) >= 11 is 1.64. The van der Waals surface area contributed by atoms with Crippen LogP contribution in [0.4, 0.5) is 0 Å². The predicted molar refractivity (Wildman–Crippen MR) is 60.4 cm³/mol. The van der Waals surface area contributed by atoms with Crippen molar-refractivity contribution in [1.29, 1.82) is 0 Å². The van der Waals surface area contributed by atoms with E-state index in [1.165, 1.54) is 0 Å². The van der Waals surface area contributed by atoms with E-state index >= 15 is 0 Å². The second-order valence-corrected chi connectivity index (χ2v) is 4.78. The van der Waals surface area contributed by atoms with E-state index in [9.17, 15) is 0 Å². The topological polar surface area (TPSA) is 51.8 Å². The molecule has 0 aliphatic carbocycles. The van der Waals surface area contributed by atoms with Gasteiger partial charge in [-0.3, -0.25) is 0 Å². The molecule has 0 fully saturated rings. The molecule has 0 bridgehead atoms. The Morgan fingerprint density at radius 3 is 2.50 bits per heavy atom. The van der Waals surface area contributed by atoms with Crippen molar-refractivity contribution in [2.24, 2.45) is 5.73 Å². The van der Waals surface area contributed by atoms with E-state index in [4.69, 9.17) is 5.73 Å². The van der Waals surface area contributed by atoms with Crippen LogP contribution in [0.25, 0.3) is 0 Å². The maximum atomic E-state index is 5.92. The van der Waals surface area contributed by atoms with E-state index in [2.05, 4.69) is 23.8 Å². The van der Waals surface area contributed by atoms with Crippen LogP contribution in [0.1, 0.15) is 25.8 Å². The number of rotatable bonds is 4. The molecule has 0 aliphatic heterocycles. The number of hydrogen-bond acceptors (Lipinski definition) is 4. The highest BCUT2D eigenvalue weighted by Crippen LogP contribution is 2.21. The minimum atomic E-state index is 0.213. The second-order valence-electron chi connectivity index (χ2n) is 3.44. The van der Waals surface area contributed by atoms with Gasteiger partial charge >= 0.3 is 0 Å². The van der Waals surface area contributed by atoms with Gasteiger partial charge in [-0.15, -0.1) is 0 Å². The Hall–Kier alpha value is -0.610. The Labute approximate surface area is 89.5 Å². The normalized spacial score (nSPS) is 15.1. The van der Waals surface area contributed by atoms with Gasteiger partial charge in [0.1, 0.15) is 0 Å². The zero-order chi connectivity index (χ0) is 10.6. The first-order valence-electron chi connectivity index (χ1n) is 4.84. The maximum absolute atomic E-state index is 5.92. The van der Waals surface area contributed by atoms with Crippen molar-refractivity contribution in [2.45, 2.75) is 43.6 Å². The Balaban J connectivity index is 2.56. The van der Waals surface area contributed by atoms with Gasteiger partial charge in [-0.2, -0.15) is 0 Å². The van der Waals surface area contributed by atoms with Gasteiger partial charge in [0.2, 0.25) is 0 Å². The molecule has 2 atom stereocenters. The predicted octanol–water partition coefficient (Wildman–Crippen LogP) is 2.00. The molecule has 14 heavy (non-hydrogen) atoms. The quantitative estimate of drug-likeness (QED) is 0.611. The molecule has 2 unspecified atom stereocenters. The molecule has 0 aliphatic rings. The van der Waals surface area contributed by atoms with E-state index < -0.39 is 0 Å². The number of aromatic nitrogens is 2. The van der Waals surface area contributed by atoms with Crippen LogP contribution in [0.5, 0.6) is 0 Å². The molecule has 1 aromatic rings. The van der Waals surface area contributed by atoms with E-state index in [1.807, 2.05) is 19.3 Å². The first-order chi connectivity index (χ1) is 6.63. The lowest BCUT2D eigenvalue weighted by Gasteiger charge is -2.16. The van der Waals surface area contributed by atoms with Gasteiger partial charge in [-0.1, -0.05) is 25.6 Å². The van der Waals surface area contributed by atoms with Crippen LogP contribution >= 0.6 is 11.8 Å². The van der Waals surface area contributed by atoms with E-state index in [0.29, 0.717) is 5.25 Å². The van der Waals surface area contributed by atoms with Crippen LogP contribution in [0.2, 0.25) is 0 Å². The standard InChI is InChI=1S/C10H17N3S/c1-4-9(11)8(3)14-10-12-5-7(2)6-13-10/h5-6,8-9H,4,11H2,1-3H3. The molecular formula is C10H17N3S. The average molecular weight is 211 g/mol. The molecule has 1 rings (SSSR count). The third kappa shape index (κ3) is 3.27. The van der Waals surface area contributed by atoms with Crippen LogP contribution in [-0.2, 0) is 0 Å². The van der Waals surface area contributed by atoms with Gasteiger partial charge in [0.15, 0.2) is 5.16 Å². The molecule has 0 amide bonds. The van der Waals surface area contributed by atoms with Gasteiger partial charge in [0.25, 0.3) is 0 Å². The molecule has 0 spiro atoms. The van der Waals surface area contributed by atoms with Gasteiger partial charge in [-0.05, 0) is 18.9 Å². The number of aryl methyl sites for hydroxylation is 1. The number of nitrogens with two attached hydrogens (primary N) is 1. The fraction of sp³-hybridized carbons (Fsp3) is 0.600. The highest BCUT2D eigenvalue weighted by atomic mass is 32.2. The van der Waals surface area contributed by atoms with Gasteiger partial charge in [0.05, 0.1) is 0 Å². The third-order valence-corrected chi connectivity index (χ3v) is 3.27. The molecule has 0 saturated carbocycles. The lowest BCUT2D eigenvalue weighted by Crippen LogP contribution is -2.29. The molecule has 0 saturated heterocycles. The van der Waals surface area contributed by atoms with Crippen LogP contribution in [0.3, 0.4) is 0 Å². The largest absolute Gasteiger partial charge is 0.327 e. The zero-order valence-electron chi connectivity index (χ0n) is 8.90. The smallest absolute Gasteiger partial charge is 0.187 e. The number of thioether (sulfide) groups is 1. The van der Waals surface area contributed by atoms with Crippen molar-refractivity contribution in [3.8, 4) is 0 Å². The number of nitrogens with zero attached hydrogens (tertiary/aromatic N) is 2. The van der Waals surface area contributed by atoms with Gasteiger partial charge in [-0.25, -0.2) is 9.97 Å². The van der Waals surface area contributed by atoms with Gasteiger partial charge in [0, 0.05) is 23.7 Å². The van der Waals surface area contributed by atoms with Crippen LogP contribution in [0, 0.1) is 6.92 Å². The van der Waals surface area contributed by atoms with Crippen molar-refractivity contribution in [2.75, 3.05) is 0 Å². The first kappa shape index (κ1) is 11.5. The molecule has 1 aromatic heterocycles. The summed E-state index contributed by atoms with van der Waals surface area (Å²) in [5, 5.41) is 1.18. The van der Waals surface area contributed by atoms with E-state index in [-0.39, 0.29) is 6.04 Å². The Bertz CT molecular complexity index is 273. The summed E-state index contributed by atoms with van der Waals surface area (Å²) in [6, 6.07) is 0.213. The highest BCUT2D eigenvalue weighted by Gasteiger charge is 2.13. The maximum Gasteiger partial charge on any atom is 0.187 e. The average Bonchev–Trinajstić information content (AvgIpc) is 2.20. The first-order valence-corrected chi connectivity index (χ1v) is 5.72. The lowest BCUT2D eigenvalue weighted by molar-refractivity contribution is 0.640. The van der Waals surface area contributed by atoms with Crippen molar-refractivity contribution < 1.29 is 0 Å². The van der Waals surface area contributed by atoms with Crippen molar-refractivity contribution >= 4 is 11.8 Å². The Morgan fingerprint density at radius 1 is 1.43 bits per heavy atom. The fourth-order valence-electron chi connectivity index (χ4n) is 1.03. The third-order valence-electron chi connectivity index (χ3n) is 2.12. The van der Waals surface area contributed by atoms with Crippen LogP contribution in [-0.4, -0.2) is 21.3 Å². The summed E-state index contributed by atoms with van der Waals surface area (Å²) in [4.78, 5) is 8.46. The summed E-state index contributed by atoms with van der Waals surface area (Å²) in [6.45, 7) is 6.19. The van der Waals surface area contributed by atoms with Crippen LogP contribution in [0.15, 0.2) is 17.6 Å². The summed E-state index contributed by atoms with van der Waals surface area (Å²) in [5.74, 6) is 0. The van der Waals surface area contributed by atoms with Crippen molar-refractivity contribution in [1.82, 2.24) is 9.97 Å². The summed E-state index contributed by atoms with van der Waals surface area (Å²) in [6.07, 6.45) is 4.65. The molecule has 3 nitrogen and oxygen atoms in total. The Kier molecular flexibility index (Phi) is 4.35. The molecule has 78 valence electrons. The van der Waals surface area contributed by atoms with Crippen molar-refractivity contribution in [3.63, 3.8) is 0 Å². The zero-order valence-corrected chi connectivity index (χ0v) is 9.71. The molecule has 0 radical (unpaired) electrons. The van der Waals surface area contributed by atoms with Gasteiger partial charge < -0.3 is 5.73 Å². The second kappa shape index (κ2) is 5.32. The molecular weight excluding hydrogens is 194 g/mol. The van der Waals surface area contributed by atoms with E-state index in [0.717, 1.165) is 17.1 Å². The Morgan fingerprint density at radius 2 is 2.00 bits per heavy atom. The fourth-order valence-corrected chi connectivity index (χ4v) is 1.95. The molecule has 0 aromatic carbocycles. The summed E-state index contributed by atoms with van der Waals surface area (Å²) in [7, 11) is 0. The molecule has 1 heterocycles. The minimum absolute atomic E-state index is 0.213. The SMILES string of the molecule is CCC(N)C(C)Sc1ncc(C)cn1. The summed E-state index contributed by atoms with van der Waals surface area (Å²) < 4.78 is 0. The lowest BCUT2D eigenvalue weighted by atomic mass is 10.2. The number of hydrogen-bond donors (Lipinski definition) is 1. The summed E-state index contributed by atoms with van der Waals surface area (Å²) in [5.41, 5.74) is 7.00. The monoisotopic (exact) mass is 211 g/mol. The molecule has 2 N–H and O–H groups in total. The van der Waals surface area contributed by atoms with Crippen LogP contribution < -0.4 is 5.73 Å². The van der Waals surface area contributed by atoms with E-state index in [1.54, 1.807) is 11.8 Å². The minimum Gasteiger partial charge on any atom is -0.327 e. The van der Waals surface area contributed by atoms with Crippen molar-refractivity contribution in [3.05, 3.63) is 18.0 Å². The highest BCUT2D eigenvalue weighted by molar-refractivity contribution is 7.99.